The third-order valence-corrected chi connectivity index (χ3v) is 4.92. The lowest BCUT2D eigenvalue weighted by atomic mass is 10.1. The number of nitrogen functional groups attached to an aromatic ring is 1. The molecule has 0 atom stereocenters. The van der Waals surface area contributed by atoms with Crippen molar-refractivity contribution in [3.8, 4) is 0 Å². The molecule has 0 radical (unpaired) electrons. The van der Waals surface area contributed by atoms with E-state index < -0.39 is 0 Å². The van der Waals surface area contributed by atoms with E-state index in [2.05, 4.69) is 20.7 Å². The zero-order valence-corrected chi connectivity index (χ0v) is 13.3. The Morgan fingerprint density at radius 2 is 2.15 bits per heavy atom. The molecule has 3 aromatic rings. The second-order valence-electron chi connectivity index (χ2n) is 4.51. The highest BCUT2D eigenvalue weighted by Gasteiger charge is 2.15. The summed E-state index contributed by atoms with van der Waals surface area (Å²) in [5.41, 5.74) is 9.71. The number of halogens is 1. The van der Waals surface area contributed by atoms with Crippen LogP contribution in [0.25, 0.3) is 11.0 Å². The number of nitrogens with zero attached hydrogens (tertiary/aromatic N) is 3. The molecule has 7 heteroatoms. The third kappa shape index (κ3) is 2.51. The number of hydrogen-bond donors (Lipinski definition) is 1. The Balaban J connectivity index is 2.05. The number of hydrogen-bond acceptors (Lipinski definition) is 6. The van der Waals surface area contributed by atoms with E-state index in [1.54, 1.807) is 0 Å². The lowest BCUT2D eigenvalue weighted by molar-refractivity contribution is 0.880. The molecular formula is C13H13ClN4S2. The van der Waals surface area contributed by atoms with E-state index in [1.165, 1.54) is 27.9 Å². The van der Waals surface area contributed by atoms with Gasteiger partial charge in [-0.2, -0.15) is 8.75 Å². The van der Waals surface area contributed by atoms with Crippen molar-refractivity contribution in [3.63, 3.8) is 0 Å². The van der Waals surface area contributed by atoms with Crippen molar-refractivity contribution in [1.82, 2.24) is 13.7 Å². The zero-order valence-electron chi connectivity index (χ0n) is 10.9. The molecule has 0 fully saturated rings. The van der Waals surface area contributed by atoms with Crippen LogP contribution in [0.4, 0.5) is 5.13 Å². The van der Waals surface area contributed by atoms with E-state index in [-0.39, 0.29) is 0 Å². The van der Waals surface area contributed by atoms with Gasteiger partial charge in [-0.25, -0.2) is 4.98 Å². The van der Waals surface area contributed by atoms with Crippen LogP contribution < -0.4 is 5.73 Å². The van der Waals surface area contributed by atoms with Crippen LogP contribution in [0, 0.1) is 0 Å². The molecule has 3 rings (SSSR count). The highest BCUT2D eigenvalue weighted by atomic mass is 35.5. The molecule has 2 N–H and O–H groups in total. The van der Waals surface area contributed by atoms with Gasteiger partial charge in [0.15, 0.2) is 5.13 Å². The van der Waals surface area contributed by atoms with Crippen LogP contribution >= 0.6 is 34.7 Å². The predicted octanol–water partition coefficient (Wildman–Crippen LogP) is 3.93. The lowest BCUT2D eigenvalue weighted by Crippen LogP contribution is -1.95. The lowest BCUT2D eigenvalue weighted by Gasteiger charge is -2.05. The zero-order chi connectivity index (χ0) is 14.1. The van der Waals surface area contributed by atoms with Crippen LogP contribution in [0.15, 0.2) is 12.1 Å². The Morgan fingerprint density at radius 1 is 1.30 bits per heavy atom. The molecule has 0 bridgehead atoms. The van der Waals surface area contributed by atoms with E-state index >= 15 is 0 Å². The fourth-order valence-corrected chi connectivity index (χ4v) is 3.85. The van der Waals surface area contributed by atoms with Gasteiger partial charge >= 0.3 is 0 Å². The van der Waals surface area contributed by atoms with Gasteiger partial charge in [0.05, 0.1) is 17.4 Å². The smallest absolute Gasteiger partial charge is 0.180 e. The average Bonchev–Trinajstić information content (AvgIpc) is 3.00. The highest BCUT2D eigenvalue weighted by Crippen LogP contribution is 2.31. The number of nitrogens with two attached hydrogens (primary N) is 1. The maximum Gasteiger partial charge on any atom is 0.180 e. The molecule has 0 saturated heterocycles. The molecule has 0 saturated carbocycles. The summed E-state index contributed by atoms with van der Waals surface area (Å²) in [7, 11) is 0. The molecule has 1 aromatic carbocycles. The molecule has 104 valence electrons. The summed E-state index contributed by atoms with van der Waals surface area (Å²) in [6, 6.07) is 3.78. The van der Waals surface area contributed by atoms with E-state index in [0.717, 1.165) is 40.2 Å². The van der Waals surface area contributed by atoms with E-state index in [9.17, 15) is 0 Å². The van der Waals surface area contributed by atoms with Crippen molar-refractivity contribution in [3.05, 3.63) is 33.3 Å². The van der Waals surface area contributed by atoms with Crippen LogP contribution in [0.2, 0.25) is 5.02 Å². The minimum atomic E-state index is 0.614. The first kappa shape index (κ1) is 13.7. The topological polar surface area (TPSA) is 64.7 Å². The maximum atomic E-state index is 6.34. The average molecular weight is 325 g/mol. The largest absolute Gasteiger partial charge is 0.375 e. The van der Waals surface area contributed by atoms with E-state index in [0.29, 0.717) is 11.6 Å². The van der Waals surface area contributed by atoms with Gasteiger partial charge in [-0.3, -0.25) is 0 Å². The second kappa shape index (κ2) is 5.63. The summed E-state index contributed by atoms with van der Waals surface area (Å²) in [5.74, 6) is 0. The van der Waals surface area contributed by atoms with Crippen LogP contribution in [-0.2, 0) is 12.8 Å². The quantitative estimate of drug-likeness (QED) is 0.789. The van der Waals surface area contributed by atoms with Gasteiger partial charge in [0.2, 0.25) is 0 Å². The monoisotopic (exact) mass is 324 g/mol. The summed E-state index contributed by atoms with van der Waals surface area (Å²) in [5, 5.41) is 1.34. The molecule has 0 aliphatic carbocycles. The van der Waals surface area contributed by atoms with Gasteiger partial charge in [0.1, 0.15) is 11.0 Å². The number of thiazole rings is 1. The van der Waals surface area contributed by atoms with Crippen molar-refractivity contribution < 1.29 is 0 Å². The third-order valence-electron chi connectivity index (χ3n) is 3.09. The summed E-state index contributed by atoms with van der Waals surface area (Å²) >= 11 is 9.08. The van der Waals surface area contributed by atoms with Crippen LogP contribution in [0.3, 0.4) is 0 Å². The highest BCUT2D eigenvalue weighted by molar-refractivity contribution is 7.15. The molecule has 0 spiro atoms. The SMILES string of the molecule is CCCc1nc(N)sc1Cc1c(Cl)ccc2nsnc12. The molecule has 2 aromatic heterocycles. The number of aromatic nitrogens is 3. The summed E-state index contributed by atoms with van der Waals surface area (Å²) in [4.78, 5) is 5.59. The van der Waals surface area contributed by atoms with Crippen LogP contribution in [0.1, 0.15) is 29.5 Å². The number of rotatable bonds is 4. The van der Waals surface area contributed by atoms with Gasteiger partial charge in [0, 0.05) is 21.9 Å². The van der Waals surface area contributed by atoms with Crippen molar-refractivity contribution in [2.75, 3.05) is 5.73 Å². The van der Waals surface area contributed by atoms with Crippen molar-refractivity contribution in [1.29, 1.82) is 0 Å². The van der Waals surface area contributed by atoms with E-state index in [4.69, 9.17) is 17.3 Å². The van der Waals surface area contributed by atoms with Crippen molar-refractivity contribution in [2.24, 2.45) is 0 Å². The second-order valence-corrected chi connectivity index (χ2v) is 6.56. The minimum Gasteiger partial charge on any atom is -0.375 e. The summed E-state index contributed by atoms with van der Waals surface area (Å²) in [6.07, 6.45) is 2.70. The maximum absolute atomic E-state index is 6.34. The fourth-order valence-electron chi connectivity index (χ4n) is 2.18. The Labute approximate surface area is 129 Å². The molecule has 0 aliphatic heterocycles. The van der Waals surface area contributed by atoms with Crippen LogP contribution in [0.5, 0.6) is 0 Å². The van der Waals surface area contributed by atoms with Crippen molar-refractivity contribution in [2.45, 2.75) is 26.2 Å². The van der Waals surface area contributed by atoms with Gasteiger partial charge in [-0.1, -0.05) is 24.9 Å². The first-order valence-corrected chi connectivity index (χ1v) is 8.25. The number of benzene rings is 1. The molecule has 20 heavy (non-hydrogen) atoms. The summed E-state index contributed by atoms with van der Waals surface area (Å²) < 4.78 is 8.62. The first-order valence-electron chi connectivity index (χ1n) is 6.32. The number of aryl methyl sites for hydroxylation is 1. The molecule has 0 unspecified atom stereocenters. The predicted molar refractivity (Wildman–Crippen MR) is 85.8 cm³/mol. The Kier molecular flexibility index (Phi) is 3.87. The number of anilines is 1. The van der Waals surface area contributed by atoms with Gasteiger partial charge in [-0.05, 0) is 18.6 Å². The van der Waals surface area contributed by atoms with Gasteiger partial charge in [0.25, 0.3) is 0 Å². The molecular weight excluding hydrogens is 312 g/mol. The van der Waals surface area contributed by atoms with Gasteiger partial charge < -0.3 is 5.73 Å². The van der Waals surface area contributed by atoms with Gasteiger partial charge in [-0.15, -0.1) is 11.3 Å². The fraction of sp³-hybridized carbons (Fsp3) is 0.308. The molecule has 4 nitrogen and oxygen atoms in total. The number of fused-ring (bicyclic) bond motifs is 1. The standard InChI is InChI=1S/C13H13ClN4S2/c1-2-3-9-11(19-13(15)16-9)6-7-8(14)4-5-10-12(7)18-20-17-10/h4-5H,2-3,6H2,1H3,(H2,15,16). The Morgan fingerprint density at radius 3 is 2.95 bits per heavy atom. The molecule has 0 aliphatic rings. The summed E-state index contributed by atoms with van der Waals surface area (Å²) in [6.45, 7) is 2.14. The first-order chi connectivity index (χ1) is 9.69. The molecule has 2 heterocycles. The Hall–Kier alpha value is -1.24. The van der Waals surface area contributed by atoms with Crippen molar-refractivity contribution >= 4 is 50.8 Å². The normalized spacial score (nSPS) is 11.3. The van der Waals surface area contributed by atoms with Crippen LogP contribution in [-0.4, -0.2) is 13.7 Å². The minimum absolute atomic E-state index is 0.614. The van der Waals surface area contributed by atoms with E-state index in [1.807, 2.05) is 12.1 Å². The Bertz CT molecular complexity index is 750. The molecule has 0 amide bonds.